The molecule has 0 radical (unpaired) electrons. The lowest BCUT2D eigenvalue weighted by Gasteiger charge is -2.38. The fourth-order valence-corrected chi connectivity index (χ4v) is 4.13. The normalized spacial score (nSPS) is 26.9. The molecule has 2 atom stereocenters. The topological polar surface area (TPSA) is 121 Å². The van der Waals surface area contributed by atoms with Gasteiger partial charge in [0, 0.05) is 5.02 Å². The number of rotatable bonds is 5. The molecule has 0 fully saturated rings. The zero-order valence-electron chi connectivity index (χ0n) is 12.7. The molecule has 130 valence electrons. The first-order valence-electron chi connectivity index (χ1n) is 6.95. The van der Waals surface area contributed by atoms with E-state index in [1.807, 2.05) is 0 Å². The summed E-state index contributed by atoms with van der Waals surface area (Å²) in [6.45, 7) is 1.35. The van der Waals surface area contributed by atoms with Crippen LogP contribution in [-0.4, -0.2) is 36.1 Å². The lowest BCUT2D eigenvalue weighted by atomic mass is 9.71. The largest absolute Gasteiger partial charge is 0.481 e. The third-order valence-electron chi connectivity index (χ3n) is 3.97. The summed E-state index contributed by atoms with van der Waals surface area (Å²) < 4.78 is 27.2. The van der Waals surface area contributed by atoms with Crippen molar-refractivity contribution in [3.05, 3.63) is 41.4 Å². The minimum absolute atomic E-state index is 0.154. The number of sulfonamides is 1. The molecule has 0 amide bonds. The molecule has 0 aliphatic heterocycles. The van der Waals surface area contributed by atoms with Gasteiger partial charge in [-0.3, -0.25) is 9.59 Å². The highest BCUT2D eigenvalue weighted by Crippen LogP contribution is 2.38. The predicted octanol–water partition coefficient (Wildman–Crippen LogP) is 1.88. The Balaban J connectivity index is 2.42. The van der Waals surface area contributed by atoms with Crippen LogP contribution in [0.2, 0.25) is 5.02 Å². The minimum Gasteiger partial charge on any atom is -0.481 e. The zero-order valence-corrected chi connectivity index (χ0v) is 14.3. The first-order valence-corrected chi connectivity index (χ1v) is 8.81. The van der Waals surface area contributed by atoms with Crippen LogP contribution in [0.3, 0.4) is 0 Å². The molecule has 7 nitrogen and oxygen atoms in total. The summed E-state index contributed by atoms with van der Waals surface area (Å²) in [5.41, 5.74) is -3.43. The molecule has 3 N–H and O–H groups in total. The highest BCUT2D eigenvalue weighted by atomic mass is 35.5. The lowest BCUT2D eigenvalue weighted by Crippen LogP contribution is -2.58. The molecule has 1 aliphatic rings. The molecule has 9 heteroatoms. The van der Waals surface area contributed by atoms with Crippen molar-refractivity contribution in [2.75, 3.05) is 0 Å². The Bertz CT molecular complexity index is 804. The van der Waals surface area contributed by atoms with Crippen LogP contribution in [0.25, 0.3) is 0 Å². The third kappa shape index (κ3) is 3.45. The number of carbonyl (C=O) groups is 2. The van der Waals surface area contributed by atoms with Gasteiger partial charge in [0.2, 0.25) is 10.0 Å². The summed E-state index contributed by atoms with van der Waals surface area (Å²) in [6, 6.07) is 5.22. The second-order valence-corrected chi connectivity index (χ2v) is 8.07. The van der Waals surface area contributed by atoms with E-state index in [0.717, 1.165) is 0 Å². The van der Waals surface area contributed by atoms with E-state index in [1.54, 1.807) is 0 Å². The first kappa shape index (κ1) is 18.4. The first-order chi connectivity index (χ1) is 11.0. The van der Waals surface area contributed by atoms with Crippen LogP contribution in [0.5, 0.6) is 0 Å². The average Bonchev–Trinajstić information content (AvgIpc) is 2.47. The molecule has 0 heterocycles. The number of carboxylic acids is 2. The average molecular weight is 374 g/mol. The number of halogens is 1. The fraction of sp³-hybridized carbons (Fsp3) is 0.333. The molecular weight excluding hydrogens is 358 g/mol. The van der Waals surface area contributed by atoms with Crippen LogP contribution >= 0.6 is 11.6 Å². The molecule has 0 bridgehead atoms. The van der Waals surface area contributed by atoms with Crippen molar-refractivity contribution < 1.29 is 28.2 Å². The van der Waals surface area contributed by atoms with Gasteiger partial charge in [-0.1, -0.05) is 23.8 Å². The maximum atomic E-state index is 12.5. The second kappa shape index (κ2) is 6.19. The summed E-state index contributed by atoms with van der Waals surface area (Å²) in [7, 11) is -4.17. The van der Waals surface area contributed by atoms with E-state index in [-0.39, 0.29) is 11.3 Å². The molecular formula is C15H16ClNO6S. The van der Waals surface area contributed by atoms with Gasteiger partial charge >= 0.3 is 11.9 Å². The number of hydrogen-bond acceptors (Lipinski definition) is 4. The Hall–Kier alpha value is -1.90. The fourth-order valence-electron chi connectivity index (χ4n) is 2.64. The van der Waals surface area contributed by atoms with Crippen molar-refractivity contribution in [3.8, 4) is 0 Å². The minimum atomic E-state index is -4.17. The lowest BCUT2D eigenvalue weighted by molar-refractivity contribution is -0.151. The number of carboxylic acid groups (broad SMARTS) is 2. The van der Waals surface area contributed by atoms with E-state index in [9.17, 15) is 28.2 Å². The van der Waals surface area contributed by atoms with Crippen molar-refractivity contribution >= 4 is 33.6 Å². The maximum absolute atomic E-state index is 12.5. The second-order valence-electron chi connectivity index (χ2n) is 5.95. The molecule has 1 aromatic rings. The predicted molar refractivity (Wildman–Crippen MR) is 86.3 cm³/mol. The van der Waals surface area contributed by atoms with Crippen LogP contribution in [0.1, 0.15) is 19.8 Å². The van der Waals surface area contributed by atoms with E-state index in [4.69, 9.17) is 11.6 Å². The van der Waals surface area contributed by atoms with Gasteiger partial charge in [-0.15, -0.1) is 0 Å². The SMILES string of the molecule is CC1(C(=O)O)C=CCC(NS(=O)(=O)c2ccc(Cl)cc2)(C(=O)O)C1. The Kier molecular flexibility index (Phi) is 4.76. The number of hydrogen-bond donors (Lipinski definition) is 3. The summed E-state index contributed by atoms with van der Waals surface area (Å²) in [6.07, 6.45) is 2.19. The molecule has 0 saturated heterocycles. The van der Waals surface area contributed by atoms with Crippen molar-refractivity contribution in [1.29, 1.82) is 0 Å². The van der Waals surface area contributed by atoms with Crippen LogP contribution in [0.4, 0.5) is 0 Å². The molecule has 2 unspecified atom stereocenters. The highest BCUT2D eigenvalue weighted by molar-refractivity contribution is 7.89. The molecule has 2 rings (SSSR count). The number of benzene rings is 1. The molecule has 1 aromatic carbocycles. The summed E-state index contributed by atoms with van der Waals surface area (Å²) in [5.74, 6) is -2.66. The smallest absolute Gasteiger partial charge is 0.325 e. The zero-order chi connectivity index (χ0) is 18.2. The summed E-state index contributed by atoms with van der Waals surface area (Å²) >= 11 is 5.72. The van der Waals surface area contributed by atoms with Gasteiger partial charge in [-0.2, -0.15) is 4.72 Å². The summed E-state index contributed by atoms with van der Waals surface area (Å²) in [5, 5.41) is 19.2. The molecule has 0 saturated carbocycles. The van der Waals surface area contributed by atoms with E-state index in [2.05, 4.69) is 4.72 Å². The molecule has 0 aromatic heterocycles. The molecule has 24 heavy (non-hydrogen) atoms. The Labute approximate surface area is 144 Å². The van der Waals surface area contributed by atoms with Gasteiger partial charge in [0.15, 0.2) is 0 Å². The van der Waals surface area contributed by atoms with Gasteiger partial charge in [0.05, 0.1) is 10.3 Å². The van der Waals surface area contributed by atoms with E-state index < -0.39 is 39.3 Å². The van der Waals surface area contributed by atoms with E-state index in [0.29, 0.717) is 5.02 Å². The third-order valence-corrected chi connectivity index (χ3v) is 5.78. The van der Waals surface area contributed by atoms with Gasteiger partial charge in [0.25, 0.3) is 0 Å². The van der Waals surface area contributed by atoms with Crippen molar-refractivity contribution in [2.24, 2.45) is 5.41 Å². The van der Waals surface area contributed by atoms with Gasteiger partial charge in [-0.05, 0) is 44.0 Å². The summed E-state index contributed by atoms with van der Waals surface area (Å²) in [4.78, 5) is 23.0. The quantitative estimate of drug-likeness (QED) is 0.677. The number of nitrogens with one attached hydrogen (secondary N) is 1. The van der Waals surface area contributed by atoms with Crippen molar-refractivity contribution in [1.82, 2.24) is 4.72 Å². The van der Waals surface area contributed by atoms with Gasteiger partial charge in [-0.25, -0.2) is 8.42 Å². The van der Waals surface area contributed by atoms with Crippen LogP contribution in [-0.2, 0) is 19.6 Å². The van der Waals surface area contributed by atoms with Crippen LogP contribution in [0, 0.1) is 5.41 Å². The molecule has 0 spiro atoms. The Morgan fingerprint density at radius 2 is 1.75 bits per heavy atom. The van der Waals surface area contributed by atoms with E-state index in [1.165, 1.54) is 43.3 Å². The van der Waals surface area contributed by atoms with Crippen LogP contribution < -0.4 is 4.72 Å². The number of aliphatic carboxylic acids is 2. The molecule has 1 aliphatic carbocycles. The highest BCUT2D eigenvalue weighted by Gasteiger charge is 2.50. The van der Waals surface area contributed by atoms with Crippen molar-refractivity contribution in [3.63, 3.8) is 0 Å². The van der Waals surface area contributed by atoms with Crippen LogP contribution in [0.15, 0.2) is 41.3 Å². The standard InChI is InChI=1S/C15H16ClNO6S/c1-14(12(18)19)7-2-8-15(9-14,13(20)21)17-24(22,23)11-5-3-10(16)4-6-11/h2-7,17H,8-9H2,1H3,(H,18,19)(H,20,21). The Morgan fingerprint density at radius 3 is 2.25 bits per heavy atom. The van der Waals surface area contributed by atoms with Gasteiger partial charge < -0.3 is 10.2 Å². The van der Waals surface area contributed by atoms with E-state index >= 15 is 0 Å². The van der Waals surface area contributed by atoms with Gasteiger partial charge in [0.1, 0.15) is 5.54 Å². The monoisotopic (exact) mass is 373 g/mol. The van der Waals surface area contributed by atoms with Crippen molar-refractivity contribution in [2.45, 2.75) is 30.2 Å². The Morgan fingerprint density at radius 1 is 1.17 bits per heavy atom. The maximum Gasteiger partial charge on any atom is 0.325 e.